The zero-order chi connectivity index (χ0) is 17.0. The van der Waals surface area contributed by atoms with E-state index in [0.29, 0.717) is 18.8 Å². The lowest BCUT2D eigenvalue weighted by molar-refractivity contribution is 0.183. The molecular formula is C16H22N4O3S. The number of sulfonamides is 1. The number of hydrogen-bond acceptors (Lipinski definition) is 5. The first-order valence-corrected chi connectivity index (χ1v) is 9.36. The van der Waals surface area contributed by atoms with Gasteiger partial charge in [0.05, 0.1) is 18.3 Å². The van der Waals surface area contributed by atoms with Crippen LogP contribution in [0.5, 0.6) is 5.75 Å². The first kappa shape index (κ1) is 16.9. The number of rotatable bonds is 6. The molecule has 8 heteroatoms. The molecule has 1 aromatic heterocycles. The number of aromatic nitrogens is 2. The van der Waals surface area contributed by atoms with Crippen LogP contribution in [0.15, 0.2) is 47.9 Å². The summed E-state index contributed by atoms with van der Waals surface area (Å²) in [4.78, 5) is 6.59. The highest BCUT2D eigenvalue weighted by molar-refractivity contribution is 7.89. The van der Waals surface area contributed by atoms with Gasteiger partial charge in [-0.1, -0.05) is 6.07 Å². The Bertz CT molecular complexity index is 753. The summed E-state index contributed by atoms with van der Waals surface area (Å²) in [6.07, 6.45) is 5.49. The summed E-state index contributed by atoms with van der Waals surface area (Å²) in [6, 6.07) is 6.63. The Kier molecular flexibility index (Phi) is 5.17. The van der Waals surface area contributed by atoms with Crippen LogP contribution in [0.25, 0.3) is 0 Å². The van der Waals surface area contributed by atoms with Gasteiger partial charge in [-0.2, -0.15) is 4.31 Å². The number of nitrogens with zero attached hydrogens (tertiary/aromatic N) is 4. The number of ether oxygens (including phenoxy) is 1. The molecule has 7 nitrogen and oxygen atoms in total. The standard InChI is InChI=1S/C16H22N4O3S/c1-23-15-3-2-4-16(13-15)24(21,22)20-11-9-18(10-12-20)7-8-19-6-5-17-14-19/h2-6,13-14H,7-12H2,1H3. The van der Waals surface area contributed by atoms with Gasteiger partial charge in [-0.15, -0.1) is 0 Å². The normalized spacial score (nSPS) is 17.0. The first-order chi connectivity index (χ1) is 11.6. The van der Waals surface area contributed by atoms with Gasteiger partial charge in [-0.3, -0.25) is 4.90 Å². The lowest BCUT2D eigenvalue weighted by Crippen LogP contribution is -2.49. The molecule has 1 aliphatic heterocycles. The molecule has 1 aromatic carbocycles. The van der Waals surface area contributed by atoms with Crippen LogP contribution in [0.3, 0.4) is 0 Å². The number of hydrogen-bond donors (Lipinski definition) is 0. The van der Waals surface area contributed by atoms with Gasteiger partial charge in [0.15, 0.2) is 0 Å². The third-order valence-electron chi connectivity index (χ3n) is 4.24. The Morgan fingerprint density at radius 2 is 1.96 bits per heavy atom. The molecular weight excluding hydrogens is 328 g/mol. The molecule has 0 atom stereocenters. The molecule has 2 heterocycles. The van der Waals surface area contributed by atoms with Crippen molar-refractivity contribution in [3.05, 3.63) is 43.0 Å². The molecule has 24 heavy (non-hydrogen) atoms. The maximum atomic E-state index is 12.7. The predicted molar refractivity (Wildman–Crippen MR) is 90.4 cm³/mol. The van der Waals surface area contributed by atoms with E-state index in [1.54, 1.807) is 41.1 Å². The average molecular weight is 350 g/mol. The summed E-state index contributed by atoms with van der Waals surface area (Å²) >= 11 is 0. The molecule has 0 saturated carbocycles. The van der Waals surface area contributed by atoms with Gasteiger partial charge in [-0.05, 0) is 12.1 Å². The van der Waals surface area contributed by atoms with Gasteiger partial charge < -0.3 is 9.30 Å². The summed E-state index contributed by atoms with van der Waals surface area (Å²) in [5, 5.41) is 0. The van der Waals surface area contributed by atoms with Crippen molar-refractivity contribution in [1.82, 2.24) is 18.8 Å². The Morgan fingerprint density at radius 1 is 1.17 bits per heavy atom. The Labute approximate surface area is 142 Å². The SMILES string of the molecule is COc1cccc(S(=O)(=O)N2CCN(CCn3ccnc3)CC2)c1. The van der Waals surface area contributed by atoms with E-state index in [2.05, 4.69) is 9.88 Å². The van der Waals surface area contributed by atoms with Crippen molar-refractivity contribution < 1.29 is 13.2 Å². The second-order valence-corrected chi connectivity index (χ2v) is 7.66. The van der Waals surface area contributed by atoms with E-state index < -0.39 is 10.0 Å². The van der Waals surface area contributed by atoms with Gasteiger partial charge in [-0.25, -0.2) is 13.4 Å². The van der Waals surface area contributed by atoms with Crippen LogP contribution in [0.2, 0.25) is 0 Å². The van der Waals surface area contributed by atoms with Crippen LogP contribution in [-0.4, -0.2) is 67.0 Å². The molecule has 0 amide bonds. The zero-order valence-electron chi connectivity index (χ0n) is 13.7. The van der Waals surface area contributed by atoms with Crippen LogP contribution >= 0.6 is 0 Å². The van der Waals surface area contributed by atoms with Crippen molar-refractivity contribution in [2.45, 2.75) is 11.4 Å². The van der Waals surface area contributed by atoms with Gasteiger partial charge in [0, 0.05) is 57.7 Å². The maximum absolute atomic E-state index is 12.7. The van der Waals surface area contributed by atoms with Gasteiger partial charge in [0.2, 0.25) is 10.0 Å². The number of imidazole rings is 1. The average Bonchev–Trinajstić information content (AvgIpc) is 3.14. The summed E-state index contributed by atoms with van der Waals surface area (Å²) in [5.41, 5.74) is 0. The predicted octanol–water partition coefficient (Wildman–Crippen LogP) is 0.898. The quantitative estimate of drug-likeness (QED) is 0.774. The highest BCUT2D eigenvalue weighted by atomic mass is 32.2. The van der Waals surface area contributed by atoms with Crippen molar-refractivity contribution >= 4 is 10.0 Å². The van der Waals surface area contributed by atoms with E-state index in [9.17, 15) is 8.42 Å². The van der Waals surface area contributed by atoms with Crippen molar-refractivity contribution in [1.29, 1.82) is 0 Å². The molecule has 0 unspecified atom stereocenters. The maximum Gasteiger partial charge on any atom is 0.243 e. The lowest BCUT2D eigenvalue weighted by atomic mass is 10.3. The monoisotopic (exact) mass is 350 g/mol. The highest BCUT2D eigenvalue weighted by Gasteiger charge is 2.28. The molecule has 1 aliphatic rings. The first-order valence-electron chi connectivity index (χ1n) is 7.92. The fourth-order valence-electron chi connectivity index (χ4n) is 2.78. The zero-order valence-corrected chi connectivity index (χ0v) is 14.5. The Balaban J connectivity index is 1.58. The number of methoxy groups -OCH3 is 1. The summed E-state index contributed by atoms with van der Waals surface area (Å²) < 4.78 is 34.2. The topological polar surface area (TPSA) is 67.7 Å². The van der Waals surface area contributed by atoms with Gasteiger partial charge in [0.25, 0.3) is 0 Å². The van der Waals surface area contributed by atoms with E-state index in [0.717, 1.165) is 26.2 Å². The molecule has 0 aliphatic carbocycles. The number of piperazine rings is 1. The lowest BCUT2D eigenvalue weighted by Gasteiger charge is -2.34. The van der Waals surface area contributed by atoms with Crippen LogP contribution in [0.4, 0.5) is 0 Å². The molecule has 0 spiro atoms. The highest BCUT2D eigenvalue weighted by Crippen LogP contribution is 2.21. The van der Waals surface area contributed by atoms with E-state index in [1.165, 1.54) is 7.11 Å². The fraction of sp³-hybridized carbons (Fsp3) is 0.438. The van der Waals surface area contributed by atoms with Crippen LogP contribution in [0.1, 0.15) is 0 Å². The third-order valence-corrected chi connectivity index (χ3v) is 6.14. The third kappa shape index (κ3) is 3.77. The van der Waals surface area contributed by atoms with Crippen molar-refractivity contribution in [3.8, 4) is 5.75 Å². The minimum Gasteiger partial charge on any atom is -0.497 e. The van der Waals surface area contributed by atoms with Gasteiger partial charge in [0.1, 0.15) is 5.75 Å². The molecule has 0 bridgehead atoms. The second-order valence-electron chi connectivity index (χ2n) is 5.73. The minimum atomic E-state index is -3.46. The van der Waals surface area contributed by atoms with Crippen LogP contribution < -0.4 is 4.74 Å². The molecule has 3 rings (SSSR count). The van der Waals surface area contributed by atoms with E-state index in [4.69, 9.17) is 4.74 Å². The van der Waals surface area contributed by atoms with Crippen molar-refractivity contribution in [3.63, 3.8) is 0 Å². The molecule has 0 radical (unpaired) electrons. The van der Waals surface area contributed by atoms with E-state index in [-0.39, 0.29) is 4.90 Å². The Hall–Kier alpha value is -1.90. The van der Waals surface area contributed by atoms with Crippen LogP contribution in [-0.2, 0) is 16.6 Å². The largest absolute Gasteiger partial charge is 0.497 e. The Morgan fingerprint density at radius 3 is 2.62 bits per heavy atom. The summed E-state index contributed by atoms with van der Waals surface area (Å²) in [7, 11) is -1.93. The molecule has 0 N–H and O–H groups in total. The number of benzene rings is 1. The summed E-state index contributed by atoms with van der Waals surface area (Å²) in [5.74, 6) is 0.551. The smallest absolute Gasteiger partial charge is 0.243 e. The van der Waals surface area contributed by atoms with Crippen LogP contribution in [0, 0.1) is 0 Å². The van der Waals surface area contributed by atoms with E-state index in [1.807, 2.05) is 10.8 Å². The molecule has 2 aromatic rings. The molecule has 1 fully saturated rings. The molecule has 1 saturated heterocycles. The minimum absolute atomic E-state index is 0.286. The second kappa shape index (κ2) is 7.33. The molecule has 130 valence electrons. The van der Waals surface area contributed by atoms with Gasteiger partial charge >= 0.3 is 0 Å². The van der Waals surface area contributed by atoms with Crippen molar-refractivity contribution in [2.24, 2.45) is 0 Å². The van der Waals surface area contributed by atoms with E-state index >= 15 is 0 Å². The summed E-state index contributed by atoms with van der Waals surface area (Å²) in [6.45, 7) is 4.23. The fourth-order valence-corrected chi connectivity index (χ4v) is 4.24. The van der Waals surface area contributed by atoms with Crippen molar-refractivity contribution in [2.75, 3.05) is 39.8 Å².